The highest BCUT2D eigenvalue weighted by Crippen LogP contribution is 2.33. The van der Waals surface area contributed by atoms with Gasteiger partial charge in [0, 0.05) is 0 Å². The fourth-order valence-corrected chi connectivity index (χ4v) is 1.97. The molecule has 0 amide bonds. The summed E-state index contributed by atoms with van der Waals surface area (Å²) in [4.78, 5) is 11.6. The standard InChI is InChI=1S/C14H12INO4/c1-3-4-20-14(18)10(8-16)5-9-6-11(15)13(17)12(7-9)19-2/h3,5-7,17H,1,4H2,2H3/b10-5+. The summed E-state index contributed by atoms with van der Waals surface area (Å²) >= 11 is 1.93. The first-order chi connectivity index (χ1) is 9.53. The molecule has 0 aliphatic rings. The largest absolute Gasteiger partial charge is 0.504 e. The maximum atomic E-state index is 11.6. The van der Waals surface area contributed by atoms with Crippen molar-refractivity contribution >= 4 is 34.6 Å². The fraction of sp³-hybridized carbons (Fsp3) is 0.143. The van der Waals surface area contributed by atoms with E-state index in [2.05, 4.69) is 6.58 Å². The van der Waals surface area contributed by atoms with Gasteiger partial charge >= 0.3 is 5.97 Å². The highest BCUT2D eigenvalue weighted by molar-refractivity contribution is 14.1. The Hall–Kier alpha value is -2.01. The van der Waals surface area contributed by atoms with Crippen molar-refractivity contribution in [1.82, 2.24) is 0 Å². The van der Waals surface area contributed by atoms with Gasteiger partial charge in [-0.25, -0.2) is 4.79 Å². The Morgan fingerprint density at radius 1 is 1.60 bits per heavy atom. The summed E-state index contributed by atoms with van der Waals surface area (Å²) in [5.74, 6) is -0.452. The molecule has 0 saturated carbocycles. The van der Waals surface area contributed by atoms with Crippen LogP contribution in [0.25, 0.3) is 6.08 Å². The number of phenolic OH excluding ortho intramolecular Hbond substituents is 1. The molecule has 0 heterocycles. The van der Waals surface area contributed by atoms with Gasteiger partial charge in [0.2, 0.25) is 0 Å². The quantitative estimate of drug-likeness (QED) is 0.277. The van der Waals surface area contributed by atoms with Gasteiger partial charge in [-0.3, -0.25) is 0 Å². The Kier molecular flexibility index (Phi) is 6.06. The van der Waals surface area contributed by atoms with Crippen LogP contribution in [0.2, 0.25) is 0 Å². The summed E-state index contributed by atoms with van der Waals surface area (Å²) in [7, 11) is 1.42. The smallest absolute Gasteiger partial charge is 0.349 e. The van der Waals surface area contributed by atoms with Crippen LogP contribution in [-0.4, -0.2) is 24.8 Å². The summed E-state index contributed by atoms with van der Waals surface area (Å²) in [6.45, 7) is 3.46. The van der Waals surface area contributed by atoms with Crippen molar-refractivity contribution in [3.05, 3.63) is 39.5 Å². The number of halogens is 1. The molecule has 0 fully saturated rings. The minimum Gasteiger partial charge on any atom is -0.504 e. The number of nitriles is 1. The Bertz CT molecular complexity index is 602. The number of hydrogen-bond donors (Lipinski definition) is 1. The zero-order valence-electron chi connectivity index (χ0n) is 10.7. The number of carbonyl (C=O) groups excluding carboxylic acids is 1. The molecule has 0 saturated heterocycles. The lowest BCUT2D eigenvalue weighted by atomic mass is 10.1. The molecule has 5 nitrogen and oxygen atoms in total. The molecule has 0 bridgehead atoms. The van der Waals surface area contributed by atoms with E-state index < -0.39 is 5.97 Å². The minimum atomic E-state index is -0.727. The Morgan fingerprint density at radius 2 is 2.30 bits per heavy atom. The molecular weight excluding hydrogens is 373 g/mol. The Morgan fingerprint density at radius 3 is 2.85 bits per heavy atom. The molecule has 1 aromatic carbocycles. The van der Waals surface area contributed by atoms with E-state index in [1.807, 2.05) is 22.6 Å². The molecular formula is C14H12INO4. The van der Waals surface area contributed by atoms with Gasteiger partial charge in [0.1, 0.15) is 18.2 Å². The number of benzene rings is 1. The van der Waals surface area contributed by atoms with E-state index in [1.54, 1.807) is 12.1 Å². The highest BCUT2D eigenvalue weighted by Gasteiger charge is 2.12. The minimum absolute atomic E-state index is 0.0120. The van der Waals surface area contributed by atoms with Crippen molar-refractivity contribution in [2.24, 2.45) is 0 Å². The van der Waals surface area contributed by atoms with Crippen LogP contribution in [0.15, 0.2) is 30.4 Å². The van der Waals surface area contributed by atoms with Gasteiger partial charge in [-0.1, -0.05) is 12.7 Å². The van der Waals surface area contributed by atoms with Gasteiger partial charge in [-0.05, 0) is 46.4 Å². The lowest BCUT2D eigenvalue weighted by Gasteiger charge is -2.07. The van der Waals surface area contributed by atoms with Crippen LogP contribution >= 0.6 is 22.6 Å². The van der Waals surface area contributed by atoms with Gasteiger partial charge in [0.25, 0.3) is 0 Å². The molecule has 20 heavy (non-hydrogen) atoms. The van der Waals surface area contributed by atoms with Gasteiger partial charge in [-0.15, -0.1) is 0 Å². The molecule has 0 radical (unpaired) electrons. The van der Waals surface area contributed by atoms with E-state index >= 15 is 0 Å². The third-order valence-electron chi connectivity index (χ3n) is 2.25. The molecule has 0 atom stereocenters. The van der Waals surface area contributed by atoms with Crippen LogP contribution in [-0.2, 0) is 9.53 Å². The van der Waals surface area contributed by atoms with Gasteiger partial charge in [-0.2, -0.15) is 5.26 Å². The summed E-state index contributed by atoms with van der Waals surface area (Å²) in [6.07, 6.45) is 2.79. The van der Waals surface area contributed by atoms with Crippen LogP contribution < -0.4 is 4.74 Å². The van der Waals surface area contributed by atoms with Crippen LogP contribution in [0.1, 0.15) is 5.56 Å². The lowest BCUT2D eigenvalue weighted by Crippen LogP contribution is -2.06. The molecule has 1 N–H and O–H groups in total. The number of esters is 1. The van der Waals surface area contributed by atoms with Crippen LogP contribution in [0, 0.1) is 14.9 Å². The van der Waals surface area contributed by atoms with Crippen molar-refractivity contribution in [1.29, 1.82) is 5.26 Å². The fourth-order valence-electron chi connectivity index (χ4n) is 1.35. The van der Waals surface area contributed by atoms with Crippen molar-refractivity contribution in [2.75, 3.05) is 13.7 Å². The number of hydrogen-bond acceptors (Lipinski definition) is 5. The monoisotopic (exact) mass is 385 g/mol. The molecule has 1 rings (SSSR count). The van der Waals surface area contributed by atoms with E-state index in [9.17, 15) is 9.90 Å². The van der Waals surface area contributed by atoms with E-state index in [0.717, 1.165) is 0 Å². The maximum absolute atomic E-state index is 11.6. The zero-order valence-corrected chi connectivity index (χ0v) is 12.9. The molecule has 0 unspecified atom stereocenters. The van der Waals surface area contributed by atoms with E-state index in [0.29, 0.717) is 9.13 Å². The van der Waals surface area contributed by atoms with Crippen molar-refractivity contribution < 1.29 is 19.4 Å². The summed E-state index contributed by atoms with van der Waals surface area (Å²) < 4.78 is 10.4. The van der Waals surface area contributed by atoms with Crippen LogP contribution in [0.5, 0.6) is 11.5 Å². The number of phenols is 1. The van der Waals surface area contributed by atoms with Gasteiger partial charge < -0.3 is 14.6 Å². The SMILES string of the molecule is C=CCOC(=O)/C(C#N)=C/c1cc(I)c(O)c(OC)c1. The topological polar surface area (TPSA) is 79.6 Å². The highest BCUT2D eigenvalue weighted by atomic mass is 127. The van der Waals surface area contributed by atoms with E-state index in [1.165, 1.54) is 25.3 Å². The summed E-state index contributed by atoms with van der Waals surface area (Å²) in [6, 6.07) is 4.92. The first-order valence-corrected chi connectivity index (χ1v) is 6.57. The van der Waals surface area contributed by atoms with E-state index in [-0.39, 0.29) is 23.7 Å². The number of rotatable bonds is 5. The molecule has 104 valence electrons. The second-order valence-electron chi connectivity index (χ2n) is 3.61. The number of ether oxygens (including phenoxy) is 2. The number of carbonyl (C=O) groups is 1. The van der Waals surface area contributed by atoms with Crippen molar-refractivity contribution in [3.63, 3.8) is 0 Å². The Balaban J connectivity index is 3.14. The summed E-state index contributed by atoms with van der Waals surface area (Å²) in [5.41, 5.74) is 0.409. The van der Waals surface area contributed by atoms with Crippen molar-refractivity contribution in [2.45, 2.75) is 0 Å². The molecule has 0 aliphatic carbocycles. The molecule has 1 aromatic rings. The zero-order chi connectivity index (χ0) is 15.1. The average Bonchev–Trinajstić information content (AvgIpc) is 2.45. The molecule has 0 aliphatic heterocycles. The predicted molar refractivity (Wildman–Crippen MR) is 82.1 cm³/mol. The second kappa shape index (κ2) is 7.55. The molecule has 0 aromatic heterocycles. The van der Waals surface area contributed by atoms with Gasteiger partial charge in [0.15, 0.2) is 11.5 Å². The number of nitrogens with zero attached hydrogens (tertiary/aromatic N) is 1. The third-order valence-corrected chi connectivity index (χ3v) is 3.08. The summed E-state index contributed by atoms with van der Waals surface area (Å²) in [5, 5.41) is 18.7. The van der Waals surface area contributed by atoms with Crippen LogP contribution in [0.3, 0.4) is 0 Å². The number of methoxy groups -OCH3 is 1. The number of aromatic hydroxyl groups is 1. The molecule has 6 heteroatoms. The Labute approximate surface area is 130 Å². The average molecular weight is 385 g/mol. The predicted octanol–water partition coefficient (Wildman–Crippen LogP) is 2.64. The second-order valence-corrected chi connectivity index (χ2v) is 4.77. The van der Waals surface area contributed by atoms with E-state index in [4.69, 9.17) is 14.7 Å². The lowest BCUT2D eigenvalue weighted by molar-refractivity contribution is -0.137. The third kappa shape index (κ3) is 3.99. The first kappa shape index (κ1) is 16.0. The normalized spacial score (nSPS) is 10.6. The maximum Gasteiger partial charge on any atom is 0.349 e. The van der Waals surface area contributed by atoms with Gasteiger partial charge in [0.05, 0.1) is 10.7 Å². The first-order valence-electron chi connectivity index (χ1n) is 5.49. The van der Waals surface area contributed by atoms with Crippen molar-refractivity contribution in [3.8, 4) is 17.6 Å². The molecule has 0 spiro atoms. The van der Waals surface area contributed by atoms with Crippen LogP contribution in [0.4, 0.5) is 0 Å².